The van der Waals surface area contributed by atoms with Crippen LogP contribution in [-0.4, -0.2) is 13.2 Å². The van der Waals surface area contributed by atoms with Gasteiger partial charge in [-0.2, -0.15) is 0 Å². The Morgan fingerprint density at radius 1 is 1.71 bits per heavy atom. The van der Waals surface area contributed by atoms with E-state index < -0.39 is 0 Å². The second-order valence-corrected chi connectivity index (χ2v) is 1.72. The van der Waals surface area contributed by atoms with Crippen LogP contribution in [0.1, 0.15) is 0 Å². The average Bonchev–Trinajstić information content (AvgIpc) is 1.86. The Kier molecular flexibility index (Phi) is 5.34. The van der Waals surface area contributed by atoms with Crippen LogP contribution in [0.3, 0.4) is 0 Å². The number of aromatic nitrogens is 3. The zero-order valence-corrected chi connectivity index (χ0v) is 9.08. The van der Waals surface area contributed by atoms with Gasteiger partial charge in [0.1, 0.15) is 0 Å². The van der Waals surface area contributed by atoms with Gasteiger partial charge in [-0.3, -0.25) is 0 Å². The molecule has 32 valence electrons. The molecule has 0 aliphatic carbocycles. The molecule has 0 aliphatic rings. The SMILES string of the molecule is In1c[c-]nn1.[K+]. The smallest absolute Gasteiger partial charge is 0.351 e. The van der Waals surface area contributed by atoms with Crippen molar-refractivity contribution >= 4 is 22.9 Å². The minimum Gasteiger partial charge on any atom is -0.351 e. The third-order valence-corrected chi connectivity index (χ3v) is 0.824. The molecule has 0 unspecified atom stereocenters. The third kappa shape index (κ3) is 3.15. The molecule has 1 heterocycles. The van der Waals surface area contributed by atoms with Gasteiger partial charge in [0, 0.05) is 0 Å². The standard InChI is InChI=1S/C2HIN3.K/c3-6-2-1-4-5-6;/h2H;/q-1;+1. The van der Waals surface area contributed by atoms with E-state index in [-0.39, 0.29) is 51.4 Å². The fraction of sp³-hybridized carbons (Fsp3) is 0. The number of rotatable bonds is 0. The van der Waals surface area contributed by atoms with Crippen molar-refractivity contribution in [1.82, 2.24) is 13.2 Å². The maximum Gasteiger partial charge on any atom is 1.00 e. The molecule has 7 heavy (non-hydrogen) atoms. The quantitative estimate of drug-likeness (QED) is 0.277. The van der Waals surface area contributed by atoms with Crippen LogP contribution in [0.2, 0.25) is 0 Å². The van der Waals surface area contributed by atoms with E-state index in [0.29, 0.717) is 0 Å². The molecular formula is C2HIKN3. The summed E-state index contributed by atoms with van der Waals surface area (Å²) in [4.78, 5) is 0. The molecule has 0 aromatic carbocycles. The van der Waals surface area contributed by atoms with Gasteiger partial charge in [-0.25, -0.2) is 2.90 Å². The van der Waals surface area contributed by atoms with Gasteiger partial charge in [0.2, 0.25) is 0 Å². The minimum atomic E-state index is 0. The summed E-state index contributed by atoms with van der Waals surface area (Å²) < 4.78 is 1.55. The van der Waals surface area contributed by atoms with Crippen molar-refractivity contribution in [2.45, 2.75) is 0 Å². The van der Waals surface area contributed by atoms with E-state index in [2.05, 4.69) is 16.5 Å². The molecule has 1 aromatic rings. The molecule has 0 saturated heterocycles. The van der Waals surface area contributed by atoms with Crippen molar-refractivity contribution in [3.8, 4) is 0 Å². The van der Waals surface area contributed by atoms with Crippen LogP contribution in [0.4, 0.5) is 0 Å². The Hall–Kier alpha value is 1.51. The Morgan fingerprint density at radius 2 is 2.43 bits per heavy atom. The van der Waals surface area contributed by atoms with Gasteiger partial charge in [0.15, 0.2) is 0 Å². The van der Waals surface area contributed by atoms with E-state index in [0.717, 1.165) is 0 Å². The van der Waals surface area contributed by atoms with Crippen molar-refractivity contribution in [3.05, 3.63) is 12.4 Å². The maximum absolute atomic E-state index is 3.51. The summed E-state index contributed by atoms with van der Waals surface area (Å²) in [5.74, 6) is 0. The molecule has 0 spiro atoms. The Labute approximate surface area is 97.8 Å². The van der Waals surface area contributed by atoms with E-state index in [4.69, 9.17) is 0 Å². The Morgan fingerprint density at radius 3 is 2.57 bits per heavy atom. The fourth-order valence-electron chi connectivity index (χ4n) is 0.168. The molecule has 1 rings (SSSR count). The normalized spacial score (nSPS) is 7.57. The van der Waals surface area contributed by atoms with Gasteiger partial charge >= 0.3 is 51.4 Å². The van der Waals surface area contributed by atoms with Gasteiger partial charge in [0.05, 0.1) is 22.9 Å². The van der Waals surface area contributed by atoms with Crippen LogP contribution in [-0.2, 0) is 0 Å². The first-order chi connectivity index (χ1) is 2.89. The van der Waals surface area contributed by atoms with E-state index in [1.165, 1.54) is 0 Å². The fourth-order valence-corrected chi connectivity index (χ4v) is 0.389. The average molecular weight is 233 g/mol. The molecule has 0 fully saturated rings. The summed E-state index contributed by atoms with van der Waals surface area (Å²) in [5, 5.41) is 6.92. The zero-order valence-electron chi connectivity index (χ0n) is 3.80. The molecule has 0 bridgehead atoms. The van der Waals surface area contributed by atoms with Crippen molar-refractivity contribution < 1.29 is 51.4 Å². The zero-order chi connectivity index (χ0) is 4.41. The first-order valence-electron chi connectivity index (χ1n) is 1.34. The van der Waals surface area contributed by atoms with Gasteiger partial charge in [-0.15, -0.1) is 6.20 Å². The van der Waals surface area contributed by atoms with Crippen molar-refractivity contribution in [2.24, 2.45) is 0 Å². The largest absolute Gasteiger partial charge is 1.00 e. The summed E-state index contributed by atoms with van der Waals surface area (Å²) in [6, 6.07) is 0. The predicted molar refractivity (Wildman–Crippen MR) is 28.3 cm³/mol. The van der Waals surface area contributed by atoms with E-state index in [9.17, 15) is 0 Å². The minimum absolute atomic E-state index is 0. The van der Waals surface area contributed by atoms with Gasteiger partial charge < -0.3 is 11.3 Å². The van der Waals surface area contributed by atoms with Crippen LogP contribution in [0, 0.1) is 6.20 Å². The molecule has 0 radical (unpaired) electrons. The molecule has 0 N–H and O–H groups in total. The summed E-state index contributed by atoms with van der Waals surface area (Å²) in [7, 11) is 0. The van der Waals surface area contributed by atoms with Crippen molar-refractivity contribution in [1.29, 1.82) is 0 Å². The molecule has 1 aromatic heterocycles. The molecule has 0 atom stereocenters. The van der Waals surface area contributed by atoms with Crippen LogP contribution >= 0.6 is 22.9 Å². The number of halogens is 1. The summed E-state index contributed by atoms with van der Waals surface area (Å²) in [6.07, 6.45) is 4.16. The molecular weight excluding hydrogens is 232 g/mol. The van der Waals surface area contributed by atoms with Gasteiger partial charge in [0.25, 0.3) is 0 Å². The second kappa shape index (κ2) is 4.39. The predicted octanol–water partition coefficient (Wildman–Crippen LogP) is -2.72. The first kappa shape index (κ1) is 8.51. The summed E-state index contributed by atoms with van der Waals surface area (Å²) in [6.45, 7) is 0. The molecule has 3 nitrogen and oxygen atoms in total. The maximum atomic E-state index is 3.51. The van der Waals surface area contributed by atoms with Crippen LogP contribution in [0.5, 0.6) is 0 Å². The topological polar surface area (TPSA) is 30.7 Å². The number of nitrogens with zero attached hydrogens (tertiary/aromatic N) is 3. The van der Waals surface area contributed by atoms with Crippen molar-refractivity contribution in [2.75, 3.05) is 0 Å². The van der Waals surface area contributed by atoms with Crippen LogP contribution < -0.4 is 51.4 Å². The summed E-state index contributed by atoms with van der Waals surface area (Å²) in [5.41, 5.74) is 0. The molecule has 5 heteroatoms. The first-order valence-corrected chi connectivity index (χ1v) is 2.30. The Balaban J connectivity index is 0.000000360. The van der Waals surface area contributed by atoms with E-state index in [1.54, 1.807) is 9.09 Å². The van der Waals surface area contributed by atoms with Crippen LogP contribution in [0.15, 0.2) is 6.20 Å². The third-order valence-electron chi connectivity index (χ3n) is 0.352. The monoisotopic (exact) mass is 233 g/mol. The molecule has 0 aliphatic heterocycles. The van der Waals surface area contributed by atoms with E-state index in [1.807, 2.05) is 22.9 Å². The number of hydrogen-bond donors (Lipinski definition) is 0. The van der Waals surface area contributed by atoms with E-state index >= 15 is 0 Å². The van der Waals surface area contributed by atoms with Gasteiger partial charge in [-0.1, -0.05) is 5.21 Å². The van der Waals surface area contributed by atoms with Crippen molar-refractivity contribution in [3.63, 3.8) is 0 Å². The molecule has 0 amide bonds. The van der Waals surface area contributed by atoms with Gasteiger partial charge in [-0.05, 0) is 0 Å². The Bertz CT molecular complexity index is 116. The second-order valence-electron chi connectivity index (χ2n) is 0.736. The summed E-state index contributed by atoms with van der Waals surface area (Å²) >= 11 is 1.99. The number of hydrogen-bond acceptors (Lipinski definition) is 2. The molecule has 0 saturated carbocycles. The van der Waals surface area contributed by atoms with Crippen LogP contribution in [0.25, 0.3) is 0 Å².